The fourth-order valence-electron chi connectivity index (χ4n) is 5.19. The zero-order valence-corrected chi connectivity index (χ0v) is 23.2. The van der Waals surface area contributed by atoms with E-state index in [9.17, 15) is 14.7 Å². The third-order valence-electron chi connectivity index (χ3n) is 7.05. The quantitative estimate of drug-likeness (QED) is 0.168. The van der Waals surface area contributed by atoms with Crippen LogP contribution >= 0.6 is 11.3 Å². The van der Waals surface area contributed by atoms with Gasteiger partial charge in [-0.05, 0) is 73.0 Å². The van der Waals surface area contributed by atoms with Gasteiger partial charge in [-0.1, -0.05) is 30.4 Å². The van der Waals surface area contributed by atoms with E-state index in [2.05, 4.69) is 4.98 Å². The highest BCUT2D eigenvalue weighted by Gasteiger charge is 2.48. The second-order valence-corrected chi connectivity index (χ2v) is 10.9. The second-order valence-electron chi connectivity index (χ2n) is 9.88. The van der Waals surface area contributed by atoms with E-state index in [1.54, 1.807) is 31.4 Å². The van der Waals surface area contributed by atoms with E-state index in [-0.39, 0.29) is 17.4 Å². The number of fused-ring (bicyclic) bond motifs is 2. The Morgan fingerprint density at radius 1 is 1.12 bits per heavy atom. The van der Waals surface area contributed by atoms with E-state index in [0.29, 0.717) is 46.3 Å². The van der Waals surface area contributed by atoms with Crippen LogP contribution in [0.15, 0.2) is 66.2 Å². The Hall–Kier alpha value is -4.37. The van der Waals surface area contributed by atoms with Gasteiger partial charge in [0.05, 0.1) is 35.5 Å². The number of hydrogen-bond acceptors (Lipinski definition) is 8. The summed E-state index contributed by atoms with van der Waals surface area (Å²) in [6, 6.07) is 17.1. The van der Waals surface area contributed by atoms with Crippen LogP contribution in [0, 0.1) is 0 Å². The highest BCUT2D eigenvalue weighted by molar-refractivity contribution is 7.22. The monoisotopic (exact) mass is 556 g/mol. The maximum atomic E-state index is 13.6. The SMILES string of the molecule is CCCOc1cccc([C@@H]2C(=C(O)c3ccc4c(c3)C[C@H](C)O4)C(=O)C(=O)N2c2nc3ccc(OC)cc3s2)c1. The number of carbonyl (C=O) groups excluding carboxylic acids is 2. The van der Waals surface area contributed by atoms with E-state index in [4.69, 9.17) is 14.2 Å². The highest BCUT2D eigenvalue weighted by Crippen LogP contribution is 2.45. The highest BCUT2D eigenvalue weighted by atomic mass is 32.1. The summed E-state index contributed by atoms with van der Waals surface area (Å²) in [4.78, 5) is 33.3. The minimum atomic E-state index is -0.906. The number of benzene rings is 3. The number of ether oxygens (including phenoxy) is 3. The van der Waals surface area contributed by atoms with Crippen molar-refractivity contribution in [2.45, 2.75) is 38.8 Å². The van der Waals surface area contributed by atoms with E-state index in [0.717, 1.165) is 22.4 Å². The lowest BCUT2D eigenvalue weighted by molar-refractivity contribution is -0.132. The Morgan fingerprint density at radius 2 is 1.98 bits per heavy atom. The van der Waals surface area contributed by atoms with Crippen molar-refractivity contribution < 1.29 is 28.9 Å². The zero-order valence-electron chi connectivity index (χ0n) is 22.3. The maximum Gasteiger partial charge on any atom is 0.301 e. The largest absolute Gasteiger partial charge is 0.507 e. The first kappa shape index (κ1) is 25.9. The van der Waals surface area contributed by atoms with Crippen LogP contribution < -0.4 is 19.1 Å². The number of ketones is 1. The molecule has 1 amide bonds. The summed E-state index contributed by atoms with van der Waals surface area (Å²) in [5, 5.41) is 11.9. The number of rotatable bonds is 7. The molecule has 6 rings (SSSR count). The fraction of sp³-hybridized carbons (Fsp3) is 0.258. The Morgan fingerprint density at radius 3 is 2.77 bits per heavy atom. The summed E-state index contributed by atoms with van der Waals surface area (Å²) in [5.41, 5.74) is 2.70. The molecular formula is C31H28N2O6S. The lowest BCUT2D eigenvalue weighted by Crippen LogP contribution is -2.29. The summed E-state index contributed by atoms with van der Waals surface area (Å²) in [5.74, 6) is 0.266. The molecule has 1 N–H and O–H groups in total. The van der Waals surface area contributed by atoms with Crippen LogP contribution in [0.1, 0.15) is 43.0 Å². The number of carbonyl (C=O) groups is 2. The van der Waals surface area contributed by atoms with Gasteiger partial charge in [0.25, 0.3) is 5.78 Å². The van der Waals surface area contributed by atoms with Crippen molar-refractivity contribution >= 4 is 44.1 Å². The topological polar surface area (TPSA) is 98.2 Å². The number of aliphatic hydroxyl groups excluding tert-OH is 1. The van der Waals surface area contributed by atoms with E-state index in [1.807, 2.05) is 50.2 Å². The van der Waals surface area contributed by atoms with Gasteiger partial charge >= 0.3 is 5.91 Å². The maximum absolute atomic E-state index is 13.6. The molecule has 40 heavy (non-hydrogen) atoms. The first-order chi connectivity index (χ1) is 19.4. The number of methoxy groups -OCH3 is 1. The molecule has 2 atom stereocenters. The summed E-state index contributed by atoms with van der Waals surface area (Å²) in [7, 11) is 1.58. The Bertz CT molecular complexity index is 1680. The van der Waals surface area contributed by atoms with Crippen LogP contribution in [0.25, 0.3) is 16.0 Å². The van der Waals surface area contributed by atoms with Crippen LogP contribution in [-0.4, -0.2) is 41.6 Å². The van der Waals surface area contributed by atoms with Crippen molar-refractivity contribution in [3.63, 3.8) is 0 Å². The first-order valence-corrected chi connectivity index (χ1v) is 14.0. The summed E-state index contributed by atoms with van der Waals surface area (Å²) in [6.45, 7) is 4.52. The Balaban J connectivity index is 1.51. The van der Waals surface area contributed by atoms with Gasteiger partial charge in [0.1, 0.15) is 29.1 Å². The number of thiazole rings is 1. The number of hydrogen-bond donors (Lipinski definition) is 1. The van der Waals surface area contributed by atoms with E-state index < -0.39 is 17.7 Å². The molecular weight excluding hydrogens is 528 g/mol. The lowest BCUT2D eigenvalue weighted by Gasteiger charge is -2.23. The smallest absolute Gasteiger partial charge is 0.301 e. The molecule has 3 heterocycles. The average Bonchev–Trinajstić information content (AvgIpc) is 3.63. The second kappa shape index (κ2) is 10.3. The standard InChI is InChI=1S/C31H28N2O6S/c1-4-12-38-22-7-5-6-18(15-22)27-26(28(34)19-8-11-24-20(14-19)13-17(2)39-24)29(35)30(36)33(27)31-32-23-10-9-21(37-3)16-25(23)40-31/h5-11,14-17,27,34H,4,12-13H2,1-3H3/t17-,27+/m0/s1. The normalized spacial score (nSPS) is 19.6. The van der Waals surface area contributed by atoms with Gasteiger partial charge in [0.2, 0.25) is 0 Å². The van der Waals surface area contributed by atoms with Crippen LogP contribution in [0.4, 0.5) is 5.13 Å². The van der Waals surface area contributed by atoms with Crippen LogP contribution in [0.5, 0.6) is 17.2 Å². The predicted octanol–water partition coefficient (Wildman–Crippen LogP) is 6.04. The van der Waals surface area contributed by atoms with Crippen molar-refractivity contribution in [3.8, 4) is 17.2 Å². The number of Topliss-reactive ketones (excluding diaryl/α,β-unsaturated/α-hetero) is 1. The molecule has 2 aliphatic heterocycles. The Labute approximate surface area is 235 Å². The number of anilines is 1. The van der Waals surface area contributed by atoms with Crippen molar-refractivity contribution in [2.75, 3.05) is 18.6 Å². The molecule has 1 fully saturated rings. The lowest BCUT2D eigenvalue weighted by atomic mass is 9.94. The molecule has 0 aliphatic carbocycles. The minimum absolute atomic E-state index is 0.00129. The summed E-state index contributed by atoms with van der Waals surface area (Å²) >= 11 is 1.28. The van der Waals surface area contributed by atoms with Gasteiger partial charge in [-0.15, -0.1) is 0 Å². The molecule has 9 heteroatoms. The van der Waals surface area contributed by atoms with Crippen molar-refractivity contribution in [1.82, 2.24) is 4.98 Å². The van der Waals surface area contributed by atoms with E-state index >= 15 is 0 Å². The average molecular weight is 557 g/mol. The first-order valence-electron chi connectivity index (χ1n) is 13.2. The van der Waals surface area contributed by atoms with Crippen molar-refractivity contribution in [3.05, 3.63) is 82.9 Å². The van der Waals surface area contributed by atoms with Gasteiger partial charge in [-0.25, -0.2) is 4.98 Å². The molecule has 4 aromatic rings. The molecule has 0 radical (unpaired) electrons. The Kier molecular flexibility index (Phi) is 6.67. The molecule has 0 bridgehead atoms. The molecule has 8 nitrogen and oxygen atoms in total. The van der Waals surface area contributed by atoms with Gasteiger partial charge < -0.3 is 19.3 Å². The third kappa shape index (κ3) is 4.46. The number of amides is 1. The van der Waals surface area contributed by atoms with Crippen LogP contribution in [0.3, 0.4) is 0 Å². The summed E-state index contributed by atoms with van der Waals surface area (Å²) in [6.07, 6.45) is 1.56. The minimum Gasteiger partial charge on any atom is -0.507 e. The molecule has 0 unspecified atom stereocenters. The van der Waals surface area contributed by atoms with Gasteiger partial charge in [-0.2, -0.15) is 0 Å². The number of aliphatic hydroxyl groups is 1. The zero-order chi connectivity index (χ0) is 28.0. The van der Waals surface area contributed by atoms with Gasteiger partial charge in [0.15, 0.2) is 5.13 Å². The van der Waals surface area contributed by atoms with Gasteiger partial charge in [0, 0.05) is 12.0 Å². The van der Waals surface area contributed by atoms with E-state index in [1.165, 1.54) is 16.2 Å². The molecule has 0 spiro atoms. The van der Waals surface area contributed by atoms with Crippen molar-refractivity contribution in [2.24, 2.45) is 0 Å². The fourth-order valence-corrected chi connectivity index (χ4v) is 6.21. The van der Waals surface area contributed by atoms with Crippen LogP contribution in [0.2, 0.25) is 0 Å². The summed E-state index contributed by atoms with van der Waals surface area (Å²) < 4.78 is 17.8. The number of aromatic nitrogens is 1. The molecule has 204 valence electrons. The van der Waals surface area contributed by atoms with Crippen molar-refractivity contribution in [1.29, 1.82) is 0 Å². The van der Waals surface area contributed by atoms with Crippen LogP contribution in [-0.2, 0) is 16.0 Å². The molecule has 1 saturated heterocycles. The molecule has 0 saturated carbocycles. The molecule has 1 aromatic heterocycles. The number of nitrogens with zero attached hydrogens (tertiary/aromatic N) is 2. The third-order valence-corrected chi connectivity index (χ3v) is 8.07. The predicted molar refractivity (Wildman–Crippen MR) is 153 cm³/mol. The molecule has 2 aliphatic rings. The molecule has 3 aromatic carbocycles. The van der Waals surface area contributed by atoms with Gasteiger partial charge in [-0.3, -0.25) is 14.5 Å².